The van der Waals surface area contributed by atoms with Crippen LogP contribution in [0.4, 0.5) is 10.1 Å². The molecule has 0 saturated carbocycles. The Kier molecular flexibility index (Phi) is 4.68. The fourth-order valence-corrected chi connectivity index (χ4v) is 3.11. The zero-order chi connectivity index (χ0) is 16.3. The fourth-order valence-electron chi connectivity index (χ4n) is 1.73. The van der Waals surface area contributed by atoms with Crippen LogP contribution >= 0.6 is 11.6 Å². The number of sulfonamides is 1. The van der Waals surface area contributed by atoms with E-state index >= 15 is 0 Å². The van der Waals surface area contributed by atoms with Gasteiger partial charge in [0, 0.05) is 5.69 Å². The molecule has 0 spiro atoms. The van der Waals surface area contributed by atoms with Crippen LogP contribution in [0.2, 0.25) is 5.02 Å². The molecule has 0 amide bonds. The normalized spacial score (nSPS) is 11.0. The largest absolute Gasteiger partial charge is 0.465 e. The second-order valence-electron chi connectivity index (χ2n) is 4.23. The van der Waals surface area contributed by atoms with Gasteiger partial charge in [0.1, 0.15) is 4.90 Å². The molecule has 0 bridgehead atoms. The van der Waals surface area contributed by atoms with Crippen molar-refractivity contribution in [3.63, 3.8) is 0 Å². The molecule has 0 fully saturated rings. The van der Waals surface area contributed by atoms with E-state index in [1.54, 1.807) is 0 Å². The molecule has 22 heavy (non-hydrogen) atoms. The van der Waals surface area contributed by atoms with E-state index in [-0.39, 0.29) is 16.3 Å². The summed E-state index contributed by atoms with van der Waals surface area (Å²) in [7, 11) is -2.97. The number of anilines is 1. The van der Waals surface area contributed by atoms with Crippen molar-refractivity contribution in [2.24, 2.45) is 0 Å². The summed E-state index contributed by atoms with van der Waals surface area (Å²) in [6, 6.07) is 9.30. The highest BCUT2D eigenvalue weighted by Crippen LogP contribution is 2.24. The molecule has 1 N–H and O–H groups in total. The maximum absolute atomic E-state index is 13.8. The Labute approximate surface area is 131 Å². The van der Waals surface area contributed by atoms with Crippen LogP contribution in [0.1, 0.15) is 10.4 Å². The first kappa shape index (κ1) is 16.3. The summed E-state index contributed by atoms with van der Waals surface area (Å²) in [5.41, 5.74) is 0.261. The summed E-state index contributed by atoms with van der Waals surface area (Å²) < 4.78 is 45.0. The zero-order valence-electron chi connectivity index (χ0n) is 11.3. The second-order valence-corrected chi connectivity index (χ2v) is 6.29. The van der Waals surface area contributed by atoms with Crippen molar-refractivity contribution in [2.75, 3.05) is 11.8 Å². The zero-order valence-corrected chi connectivity index (χ0v) is 12.9. The van der Waals surface area contributed by atoms with Crippen LogP contribution in [0.15, 0.2) is 47.4 Å². The van der Waals surface area contributed by atoms with Gasteiger partial charge in [-0.3, -0.25) is 4.72 Å². The maximum atomic E-state index is 13.8. The predicted molar refractivity (Wildman–Crippen MR) is 80.0 cm³/mol. The van der Waals surface area contributed by atoms with Gasteiger partial charge in [0.25, 0.3) is 10.0 Å². The van der Waals surface area contributed by atoms with E-state index in [1.807, 2.05) is 0 Å². The van der Waals surface area contributed by atoms with E-state index in [4.69, 9.17) is 11.6 Å². The highest BCUT2D eigenvalue weighted by Gasteiger charge is 2.21. The van der Waals surface area contributed by atoms with Gasteiger partial charge in [-0.15, -0.1) is 0 Å². The maximum Gasteiger partial charge on any atom is 0.337 e. The van der Waals surface area contributed by atoms with Crippen LogP contribution in [-0.2, 0) is 14.8 Å². The average Bonchev–Trinajstić information content (AvgIpc) is 2.48. The number of carbonyl (C=O) groups excluding carboxylic acids is 1. The van der Waals surface area contributed by atoms with Gasteiger partial charge >= 0.3 is 5.97 Å². The van der Waals surface area contributed by atoms with E-state index in [0.717, 1.165) is 6.07 Å². The van der Waals surface area contributed by atoms with E-state index in [9.17, 15) is 17.6 Å². The van der Waals surface area contributed by atoms with Gasteiger partial charge in [-0.05, 0) is 30.3 Å². The molecule has 116 valence electrons. The van der Waals surface area contributed by atoms with Crippen molar-refractivity contribution in [2.45, 2.75) is 4.90 Å². The molecule has 8 heteroatoms. The molecular weight excluding hydrogens is 333 g/mol. The van der Waals surface area contributed by atoms with Crippen molar-refractivity contribution in [1.29, 1.82) is 0 Å². The first-order valence-electron chi connectivity index (χ1n) is 6.00. The molecule has 2 aromatic carbocycles. The molecule has 0 heterocycles. The molecule has 2 rings (SSSR count). The molecule has 0 saturated heterocycles. The lowest BCUT2D eigenvalue weighted by Gasteiger charge is -2.10. The lowest BCUT2D eigenvalue weighted by Crippen LogP contribution is -2.15. The first-order valence-corrected chi connectivity index (χ1v) is 7.86. The van der Waals surface area contributed by atoms with Crippen LogP contribution < -0.4 is 4.72 Å². The van der Waals surface area contributed by atoms with E-state index < -0.39 is 26.7 Å². The Hall–Kier alpha value is -2.12. The Balaban J connectivity index is 2.37. The number of carbonyl (C=O) groups is 1. The SMILES string of the molecule is COC(=O)c1cccc(NS(=O)(=O)c2cccc(Cl)c2F)c1. The number of hydrogen-bond donors (Lipinski definition) is 1. The minimum absolute atomic E-state index is 0.0993. The minimum atomic E-state index is -4.18. The van der Waals surface area contributed by atoms with E-state index in [2.05, 4.69) is 9.46 Å². The molecule has 5 nitrogen and oxygen atoms in total. The monoisotopic (exact) mass is 343 g/mol. The summed E-state index contributed by atoms with van der Waals surface area (Å²) in [6.07, 6.45) is 0. The Morgan fingerprint density at radius 3 is 2.59 bits per heavy atom. The third-order valence-corrected chi connectivity index (χ3v) is 4.43. The second kappa shape index (κ2) is 6.33. The van der Waals surface area contributed by atoms with Crippen molar-refractivity contribution >= 4 is 33.3 Å². The summed E-state index contributed by atoms with van der Waals surface area (Å²) in [5, 5.41) is -0.300. The van der Waals surface area contributed by atoms with Crippen LogP contribution in [0.5, 0.6) is 0 Å². The van der Waals surface area contributed by atoms with Gasteiger partial charge in [0.05, 0.1) is 17.7 Å². The van der Waals surface area contributed by atoms with Crippen molar-refractivity contribution < 1.29 is 22.3 Å². The minimum Gasteiger partial charge on any atom is -0.465 e. The summed E-state index contributed by atoms with van der Waals surface area (Å²) in [6.45, 7) is 0. The number of rotatable bonds is 4. The van der Waals surface area contributed by atoms with Gasteiger partial charge in [-0.1, -0.05) is 23.7 Å². The van der Waals surface area contributed by atoms with Gasteiger partial charge in [-0.2, -0.15) is 0 Å². The molecule has 0 atom stereocenters. The molecule has 0 aromatic heterocycles. The summed E-state index contributed by atoms with van der Waals surface area (Å²) >= 11 is 5.58. The van der Waals surface area contributed by atoms with E-state index in [1.165, 1.54) is 43.5 Å². The molecule has 0 unspecified atom stereocenters. The van der Waals surface area contributed by atoms with Gasteiger partial charge in [0.15, 0.2) is 5.82 Å². The van der Waals surface area contributed by atoms with Crippen LogP contribution in [-0.4, -0.2) is 21.5 Å². The number of nitrogens with one attached hydrogen (secondary N) is 1. The quantitative estimate of drug-likeness (QED) is 0.866. The number of ether oxygens (including phenoxy) is 1. The summed E-state index contributed by atoms with van der Waals surface area (Å²) in [5.74, 6) is -1.66. The fraction of sp³-hybridized carbons (Fsp3) is 0.0714. The van der Waals surface area contributed by atoms with Crippen LogP contribution in [0.25, 0.3) is 0 Å². The molecule has 0 aliphatic rings. The van der Waals surface area contributed by atoms with E-state index in [0.29, 0.717) is 0 Å². The Morgan fingerprint density at radius 1 is 1.23 bits per heavy atom. The molecule has 0 aliphatic heterocycles. The van der Waals surface area contributed by atoms with Crippen LogP contribution in [0, 0.1) is 5.82 Å². The third-order valence-electron chi connectivity index (χ3n) is 2.74. The third kappa shape index (κ3) is 3.37. The van der Waals surface area contributed by atoms with Crippen molar-refractivity contribution in [1.82, 2.24) is 0 Å². The first-order chi connectivity index (χ1) is 10.3. The molecule has 0 aliphatic carbocycles. The van der Waals surface area contributed by atoms with Gasteiger partial charge < -0.3 is 4.74 Å². The Bertz CT molecular complexity index is 823. The van der Waals surface area contributed by atoms with Crippen molar-refractivity contribution in [3.8, 4) is 0 Å². The summed E-state index contributed by atoms with van der Waals surface area (Å²) in [4.78, 5) is 10.8. The highest BCUT2D eigenvalue weighted by atomic mass is 35.5. The lowest BCUT2D eigenvalue weighted by molar-refractivity contribution is 0.0601. The number of methoxy groups -OCH3 is 1. The lowest BCUT2D eigenvalue weighted by atomic mass is 10.2. The number of hydrogen-bond acceptors (Lipinski definition) is 4. The van der Waals surface area contributed by atoms with Gasteiger partial charge in [0.2, 0.25) is 0 Å². The molecular formula is C14H11ClFNO4S. The van der Waals surface area contributed by atoms with Crippen molar-refractivity contribution in [3.05, 3.63) is 58.9 Å². The number of halogens is 2. The smallest absolute Gasteiger partial charge is 0.337 e. The topological polar surface area (TPSA) is 72.5 Å². The highest BCUT2D eigenvalue weighted by molar-refractivity contribution is 7.92. The molecule has 2 aromatic rings. The predicted octanol–water partition coefficient (Wildman–Crippen LogP) is 3.07. The number of esters is 1. The standard InChI is InChI=1S/C14H11ClFNO4S/c1-21-14(18)9-4-2-5-10(8-9)17-22(19,20)12-7-3-6-11(15)13(12)16/h2-8,17H,1H3. The average molecular weight is 344 g/mol. The van der Waals surface area contributed by atoms with Gasteiger partial charge in [-0.25, -0.2) is 17.6 Å². The van der Waals surface area contributed by atoms with Crippen LogP contribution in [0.3, 0.4) is 0 Å². The Morgan fingerprint density at radius 2 is 1.91 bits per heavy atom. The molecule has 0 radical (unpaired) electrons. The number of benzene rings is 2.